The number of fused-ring (bicyclic) bond motifs is 7. The van der Waals surface area contributed by atoms with Gasteiger partial charge in [-0.05, 0) is 93.4 Å². The highest BCUT2D eigenvalue weighted by atomic mass is 32.2. The van der Waals surface area contributed by atoms with Crippen LogP contribution in [0.25, 0.3) is 0 Å². The van der Waals surface area contributed by atoms with E-state index in [0.29, 0.717) is 11.3 Å². The first-order valence-corrected chi connectivity index (χ1v) is 26.6. The lowest BCUT2D eigenvalue weighted by Gasteiger charge is -2.63. The number of aliphatic carboxylic acids is 1. The zero-order valence-electron chi connectivity index (χ0n) is 43.0. The monoisotopic (exact) mass is 1050 g/mol. The van der Waals surface area contributed by atoms with Crippen LogP contribution in [0.4, 0.5) is 14.5 Å². The van der Waals surface area contributed by atoms with E-state index in [0.717, 1.165) is 36.5 Å². The molecule has 19 heteroatoms. The molecule has 402 valence electrons. The molecule has 74 heavy (non-hydrogen) atoms. The van der Waals surface area contributed by atoms with E-state index >= 15 is 8.78 Å². The Kier molecular flexibility index (Phi) is 17.1. The number of Topliss-reactive ketones (excluding diaryl/α,β-unsaturated/α-hetero) is 1. The van der Waals surface area contributed by atoms with Gasteiger partial charge in [-0.25, -0.2) is 8.78 Å². The molecule has 0 aromatic heterocycles. The molecule has 0 bridgehead atoms. The zero-order valence-corrected chi connectivity index (χ0v) is 43.8. The molecule has 1 heterocycles. The summed E-state index contributed by atoms with van der Waals surface area (Å²) < 4.78 is 46.9. The van der Waals surface area contributed by atoms with Crippen molar-refractivity contribution < 1.29 is 67.1 Å². The average molecular weight is 1050 g/mol. The highest BCUT2D eigenvalue weighted by Gasteiger charge is 2.80. The minimum atomic E-state index is -2.36. The maximum atomic E-state index is 17.8. The Balaban J connectivity index is 0.907. The second-order valence-electron chi connectivity index (χ2n) is 21.2. The maximum Gasteiger partial charge on any atom is 0.305 e. The molecular weight excluding hydrogens is 979 g/mol. The van der Waals surface area contributed by atoms with E-state index < -0.39 is 124 Å². The number of aliphatic hydroxyl groups is 2. The lowest BCUT2D eigenvalue weighted by molar-refractivity contribution is -0.235. The van der Waals surface area contributed by atoms with Crippen molar-refractivity contribution in [1.82, 2.24) is 16.0 Å². The molecular formula is C55H70F2N4O12S. The molecule has 2 aromatic carbocycles. The second-order valence-corrected chi connectivity index (χ2v) is 22.9. The SMILES string of the molecule is CCCCC(C)SC(CC(=O)O)C(=O)NCCC(=O)N[C@@H](C)C(=O)N[C@@H](C)C(=O)Nc1ccc([C@@H](C)c2ccc([C@@H]3O[C@@H]4C[C@H]5[C@@H]6C[C@H](F)C7=CC(=O)C=C[C@]7(C)[C@@]6(F)[C@@H](O)C[C@]5(C)[C@]4(C(=O)CO)O3)cc2)cc1. The van der Waals surface area contributed by atoms with Crippen LogP contribution in [0.2, 0.25) is 0 Å². The average Bonchev–Trinajstić information content (AvgIpc) is 3.86. The fourth-order valence-electron chi connectivity index (χ4n) is 12.4. The first kappa shape index (κ1) is 56.4. The number of allylic oxidation sites excluding steroid dienone is 4. The van der Waals surface area contributed by atoms with Crippen LogP contribution in [-0.4, -0.2) is 122 Å². The number of ether oxygens (including phenoxy) is 2. The van der Waals surface area contributed by atoms with Gasteiger partial charge in [0.2, 0.25) is 23.6 Å². The van der Waals surface area contributed by atoms with Crippen molar-refractivity contribution in [3.8, 4) is 0 Å². The van der Waals surface area contributed by atoms with Crippen molar-refractivity contribution in [3.63, 3.8) is 0 Å². The number of hydrogen-bond donors (Lipinski definition) is 7. The van der Waals surface area contributed by atoms with Gasteiger partial charge in [0.1, 0.15) is 24.9 Å². The number of rotatable bonds is 21. The first-order chi connectivity index (χ1) is 34.9. The van der Waals surface area contributed by atoms with E-state index in [4.69, 9.17) is 9.47 Å². The number of benzene rings is 2. The van der Waals surface area contributed by atoms with Crippen LogP contribution in [0.1, 0.15) is 129 Å². The van der Waals surface area contributed by atoms with Gasteiger partial charge in [-0.3, -0.25) is 33.6 Å². The third-order valence-electron chi connectivity index (χ3n) is 16.5. The number of alkyl halides is 2. The summed E-state index contributed by atoms with van der Waals surface area (Å²) in [4.78, 5) is 89.0. The van der Waals surface area contributed by atoms with Crippen molar-refractivity contribution in [1.29, 1.82) is 0 Å². The normalized spacial score (nSPS) is 31.7. The van der Waals surface area contributed by atoms with E-state index in [-0.39, 0.29) is 55.4 Å². The highest BCUT2D eigenvalue weighted by molar-refractivity contribution is 8.01. The fourth-order valence-corrected chi connectivity index (χ4v) is 13.7. The summed E-state index contributed by atoms with van der Waals surface area (Å²) in [6.45, 7) is 11.3. The number of ketones is 2. The Morgan fingerprint density at radius 3 is 2.18 bits per heavy atom. The molecule has 1 saturated heterocycles. The van der Waals surface area contributed by atoms with Gasteiger partial charge in [-0.2, -0.15) is 0 Å². The molecule has 4 aliphatic carbocycles. The molecule has 15 atom stereocenters. The smallest absolute Gasteiger partial charge is 0.305 e. The van der Waals surface area contributed by atoms with Crippen LogP contribution < -0.4 is 21.3 Å². The number of halogens is 2. The standard InChI is InChI=1S/C55H70F2N4O12S/c1-8-9-10-29(2)74-42(26-47(67)68)50(71)58-22-20-46(66)59-31(4)48(69)60-32(5)49(70)61-36-17-15-34(16-18-36)30(3)33-11-13-35(14-12-33)51-72-45-25-38-39-24-41(56)40-23-37(63)19-21-52(40,6)54(39,57)43(64)27-53(38,7)55(45,73-51)44(65)28-62/h11-19,21,23,29-32,38-39,41-43,45,51,62,64H,8-10,20,22,24-28H2,1-7H3,(H,58,71)(H,59,66)(H,60,69)(H,61,70)(H,67,68)/t29?,30-,31-,32-,38-,39-,41-,42?,43-,45+,51+,52-,53-,54-,55+/m0/s1. The Hall–Kier alpha value is -5.34. The summed E-state index contributed by atoms with van der Waals surface area (Å²) in [5.74, 6) is -6.16. The van der Waals surface area contributed by atoms with Crippen LogP contribution in [0.5, 0.6) is 0 Å². The number of carbonyl (C=O) groups excluding carboxylic acids is 6. The number of amides is 4. The molecule has 7 rings (SSSR count). The van der Waals surface area contributed by atoms with Crippen LogP contribution >= 0.6 is 11.8 Å². The molecule has 1 aliphatic heterocycles. The lowest BCUT2D eigenvalue weighted by Crippen LogP contribution is -2.70. The predicted octanol–water partition coefficient (Wildman–Crippen LogP) is 6.09. The van der Waals surface area contributed by atoms with Gasteiger partial charge in [-0.15, -0.1) is 11.8 Å². The molecule has 4 amide bonds. The minimum absolute atomic E-state index is 0.00207. The number of hydrogen-bond acceptors (Lipinski definition) is 12. The van der Waals surface area contributed by atoms with Gasteiger partial charge < -0.3 is 46.1 Å². The molecule has 3 saturated carbocycles. The van der Waals surface area contributed by atoms with Gasteiger partial charge in [0.05, 0.1) is 23.9 Å². The number of carboxylic acid groups (broad SMARTS) is 1. The van der Waals surface area contributed by atoms with Gasteiger partial charge in [0.25, 0.3) is 0 Å². The Morgan fingerprint density at radius 1 is 0.892 bits per heavy atom. The quantitative estimate of drug-likeness (QED) is 0.0749. The third kappa shape index (κ3) is 10.6. The number of unbranched alkanes of at least 4 members (excludes halogenated alkanes) is 1. The van der Waals surface area contributed by atoms with Crippen LogP contribution in [0.15, 0.2) is 72.3 Å². The minimum Gasteiger partial charge on any atom is -0.481 e. The van der Waals surface area contributed by atoms with E-state index in [1.165, 1.54) is 44.7 Å². The van der Waals surface area contributed by atoms with Crippen LogP contribution in [0, 0.1) is 22.7 Å². The molecule has 5 aliphatic rings. The Morgan fingerprint density at radius 2 is 1.54 bits per heavy atom. The number of carboxylic acids is 1. The molecule has 0 radical (unpaired) electrons. The second kappa shape index (κ2) is 22.5. The van der Waals surface area contributed by atoms with Crippen molar-refractivity contribution in [2.45, 2.75) is 164 Å². The summed E-state index contributed by atoms with van der Waals surface area (Å²) in [7, 11) is 0. The van der Waals surface area contributed by atoms with Crippen molar-refractivity contribution in [3.05, 3.63) is 89.0 Å². The van der Waals surface area contributed by atoms with Gasteiger partial charge in [0, 0.05) is 52.1 Å². The first-order valence-electron chi connectivity index (χ1n) is 25.6. The van der Waals surface area contributed by atoms with E-state index in [1.54, 1.807) is 19.1 Å². The zero-order chi connectivity index (χ0) is 54.1. The summed E-state index contributed by atoms with van der Waals surface area (Å²) in [6, 6.07) is 12.6. The van der Waals surface area contributed by atoms with Crippen molar-refractivity contribution in [2.24, 2.45) is 22.7 Å². The maximum absolute atomic E-state index is 17.8. The lowest BCUT2D eigenvalue weighted by atomic mass is 9.44. The molecule has 2 aromatic rings. The summed E-state index contributed by atoms with van der Waals surface area (Å²) >= 11 is 1.30. The number of nitrogens with one attached hydrogen (secondary N) is 4. The Bertz CT molecular complexity index is 2550. The van der Waals surface area contributed by atoms with Gasteiger partial charge >= 0.3 is 5.97 Å². The third-order valence-corrected chi connectivity index (χ3v) is 17.9. The fraction of sp³-hybridized carbons (Fsp3) is 0.582. The topological polar surface area (TPSA) is 247 Å². The number of carbonyl (C=O) groups is 7. The van der Waals surface area contributed by atoms with E-state index in [1.807, 2.05) is 50.2 Å². The van der Waals surface area contributed by atoms with Crippen molar-refractivity contribution in [2.75, 3.05) is 18.5 Å². The van der Waals surface area contributed by atoms with Crippen molar-refractivity contribution >= 4 is 58.6 Å². The van der Waals surface area contributed by atoms with E-state index in [2.05, 4.69) is 28.2 Å². The molecule has 7 N–H and O–H groups in total. The largest absolute Gasteiger partial charge is 0.481 e. The van der Waals surface area contributed by atoms with Gasteiger partial charge in [0.15, 0.2) is 29.1 Å². The molecule has 2 unspecified atom stereocenters. The summed E-state index contributed by atoms with van der Waals surface area (Å²) in [5, 5.41) is 41.3. The number of thioether (sulfide) groups is 1. The molecule has 16 nitrogen and oxygen atoms in total. The van der Waals surface area contributed by atoms with Crippen LogP contribution in [-0.2, 0) is 43.0 Å². The molecule has 0 spiro atoms. The predicted molar refractivity (Wildman–Crippen MR) is 272 cm³/mol. The van der Waals surface area contributed by atoms with Gasteiger partial charge in [-0.1, -0.05) is 83.0 Å². The number of aliphatic hydroxyl groups excluding tert-OH is 2. The Labute approximate surface area is 434 Å². The summed E-state index contributed by atoms with van der Waals surface area (Å²) in [6.07, 6.45) is 0.281. The molecule has 4 fully saturated rings. The number of anilines is 1. The van der Waals surface area contributed by atoms with E-state index in [9.17, 15) is 48.9 Å². The van der Waals surface area contributed by atoms with Crippen LogP contribution in [0.3, 0.4) is 0 Å². The summed E-state index contributed by atoms with van der Waals surface area (Å²) in [5.41, 5.74) is -4.09. The highest BCUT2D eigenvalue weighted by Crippen LogP contribution is 2.72.